The maximum Gasteiger partial charge on any atom is 0.291 e. The van der Waals surface area contributed by atoms with Crippen LogP contribution in [0, 0.1) is 5.82 Å². The van der Waals surface area contributed by atoms with E-state index in [2.05, 4.69) is 20.9 Å². The van der Waals surface area contributed by atoms with Gasteiger partial charge in [0.25, 0.3) is 5.91 Å². The average Bonchev–Trinajstić information content (AvgIpc) is 3.28. The summed E-state index contributed by atoms with van der Waals surface area (Å²) in [5.74, 6) is 0.411. The second-order valence-electron chi connectivity index (χ2n) is 6.32. The molecule has 6 nitrogen and oxygen atoms in total. The molecule has 0 spiro atoms. The predicted molar refractivity (Wildman–Crippen MR) is 111 cm³/mol. The summed E-state index contributed by atoms with van der Waals surface area (Å²) < 4.78 is 18.7. The molecule has 1 aromatic heterocycles. The van der Waals surface area contributed by atoms with E-state index in [1.54, 1.807) is 31.3 Å². The number of carbonyl (C=O) groups is 1. The van der Waals surface area contributed by atoms with E-state index >= 15 is 0 Å². The summed E-state index contributed by atoms with van der Waals surface area (Å²) in [6.45, 7) is 1.13. The zero-order chi connectivity index (χ0) is 20.5. The lowest BCUT2D eigenvalue weighted by Crippen LogP contribution is -2.37. The minimum Gasteiger partial charge on any atom is -0.459 e. The summed E-state index contributed by atoms with van der Waals surface area (Å²) in [5, 5.41) is 9.16. The van der Waals surface area contributed by atoms with Gasteiger partial charge in [-0.1, -0.05) is 30.3 Å². The van der Waals surface area contributed by atoms with Crippen LogP contribution in [0.15, 0.2) is 76.3 Å². The van der Waals surface area contributed by atoms with Crippen LogP contribution in [-0.2, 0) is 13.0 Å². The van der Waals surface area contributed by atoms with E-state index in [9.17, 15) is 9.18 Å². The number of guanidine groups is 1. The average molecular weight is 394 g/mol. The maximum atomic E-state index is 13.7. The summed E-state index contributed by atoms with van der Waals surface area (Å²) in [4.78, 5) is 16.1. The van der Waals surface area contributed by atoms with E-state index in [4.69, 9.17) is 4.42 Å². The van der Waals surface area contributed by atoms with Gasteiger partial charge >= 0.3 is 0 Å². The summed E-state index contributed by atoms with van der Waals surface area (Å²) in [6, 6.07) is 17.5. The Morgan fingerprint density at radius 1 is 1.03 bits per heavy atom. The monoisotopic (exact) mass is 394 g/mol. The zero-order valence-electron chi connectivity index (χ0n) is 16.1. The topological polar surface area (TPSA) is 78.7 Å². The Kier molecular flexibility index (Phi) is 7.00. The third kappa shape index (κ3) is 5.93. The normalized spacial score (nSPS) is 11.2. The van der Waals surface area contributed by atoms with Crippen LogP contribution in [0.4, 0.5) is 10.1 Å². The molecule has 0 fully saturated rings. The molecule has 0 saturated carbocycles. The van der Waals surface area contributed by atoms with Gasteiger partial charge < -0.3 is 20.4 Å². The SMILES string of the molecule is CN=C(NCCc1ccccc1F)NCc1ccc(NC(=O)c2ccco2)cc1. The van der Waals surface area contributed by atoms with Gasteiger partial charge in [-0.3, -0.25) is 9.79 Å². The molecule has 0 unspecified atom stereocenters. The fourth-order valence-corrected chi connectivity index (χ4v) is 2.73. The Morgan fingerprint density at radius 2 is 1.83 bits per heavy atom. The van der Waals surface area contributed by atoms with Crippen molar-refractivity contribution >= 4 is 17.6 Å². The molecule has 2 aromatic carbocycles. The molecule has 3 aromatic rings. The van der Waals surface area contributed by atoms with E-state index in [1.165, 1.54) is 12.3 Å². The van der Waals surface area contributed by atoms with Crippen LogP contribution in [0.25, 0.3) is 0 Å². The molecule has 0 atom stereocenters. The highest BCUT2D eigenvalue weighted by Crippen LogP contribution is 2.12. The van der Waals surface area contributed by atoms with Crippen molar-refractivity contribution in [2.45, 2.75) is 13.0 Å². The first-order chi connectivity index (χ1) is 14.2. The second-order valence-corrected chi connectivity index (χ2v) is 6.32. The number of aliphatic imine (C=N–C) groups is 1. The van der Waals surface area contributed by atoms with Gasteiger partial charge in [-0.2, -0.15) is 0 Å². The maximum absolute atomic E-state index is 13.7. The van der Waals surface area contributed by atoms with Gasteiger partial charge in [0.1, 0.15) is 5.82 Å². The molecule has 150 valence electrons. The Labute approximate surface area is 168 Å². The van der Waals surface area contributed by atoms with E-state index in [1.807, 2.05) is 30.3 Å². The number of hydrogen-bond donors (Lipinski definition) is 3. The Hall–Kier alpha value is -3.61. The van der Waals surface area contributed by atoms with Crippen LogP contribution in [0.3, 0.4) is 0 Å². The lowest BCUT2D eigenvalue weighted by molar-refractivity contribution is 0.0996. The Balaban J connectivity index is 1.44. The Bertz CT molecular complexity index is 953. The summed E-state index contributed by atoms with van der Waals surface area (Å²) in [7, 11) is 1.69. The molecule has 3 N–H and O–H groups in total. The van der Waals surface area contributed by atoms with Crippen LogP contribution in [0.5, 0.6) is 0 Å². The van der Waals surface area contributed by atoms with Crippen LogP contribution in [-0.4, -0.2) is 25.5 Å². The minimum absolute atomic E-state index is 0.198. The van der Waals surface area contributed by atoms with Gasteiger partial charge in [0.05, 0.1) is 6.26 Å². The van der Waals surface area contributed by atoms with Crippen molar-refractivity contribution in [3.05, 3.63) is 89.6 Å². The summed E-state index contributed by atoms with van der Waals surface area (Å²) in [6.07, 6.45) is 2.03. The lowest BCUT2D eigenvalue weighted by atomic mass is 10.1. The Morgan fingerprint density at radius 3 is 2.52 bits per heavy atom. The van der Waals surface area contributed by atoms with Crippen LogP contribution in [0.1, 0.15) is 21.7 Å². The van der Waals surface area contributed by atoms with Gasteiger partial charge in [-0.25, -0.2) is 4.39 Å². The molecule has 0 bridgehead atoms. The standard InChI is InChI=1S/C22H23FN4O2/c1-24-22(25-13-12-17-5-2-3-6-19(17)23)26-15-16-8-10-18(11-9-16)27-21(28)20-7-4-14-29-20/h2-11,14H,12-13,15H2,1H3,(H,27,28)(H2,24,25,26). The number of rotatable bonds is 7. The number of nitrogens with zero attached hydrogens (tertiary/aromatic N) is 1. The minimum atomic E-state index is -0.291. The highest BCUT2D eigenvalue weighted by Gasteiger charge is 2.08. The lowest BCUT2D eigenvalue weighted by Gasteiger charge is -2.12. The smallest absolute Gasteiger partial charge is 0.291 e. The number of anilines is 1. The predicted octanol–water partition coefficient (Wildman–Crippen LogP) is 3.58. The number of halogens is 1. The highest BCUT2D eigenvalue weighted by molar-refractivity contribution is 6.02. The molecule has 0 aliphatic heterocycles. The molecule has 0 aliphatic rings. The first kappa shape index (κ1) is 20.1. The van der Waals surface area contributed by atoms with Crippen molar-refractivity contribution in [2.75, 3.05) is 18.9 Å². The second kappa shape index (κ2) is 10.1. The molecule has 0 saturated heterocycles. The molecule has 7 heteroatoms. The van der Waals surface area contributed by atoms with E-state index in [0.29, 0.717) is 36.7 Å². The van der Waals surface area contributed by atoms with Crippen molar-refractivity contribution < 1.29 is 13.6 Å². The van der Waals surface area contributed by atoms with Crippen LogP contribution < -0.4 is 16.0 Å². The number of furan rings is 1. The number of nitrogens with one attached hydrogen (secondary N) is 3. The quantitative estimate of drug-likeness (QED) is 0.423. The zero-order valence-corrected chi connectivity index (χ0v) is 16.1. The van der Waals surface area contributed by atoms with E-state index in [-0.39, 0.29) is 17.5 Å². The fraction of sp³-hybridized carbons (Fsp3) is 0.182. The van der Waals surface area contributed by atoms with Crippen LogP contribution in [0.2, 0.25) is 0 Å². The molecular weight excluding hydrogens is 371 g/mol. The van der Waals surface area contributed by atoms with Gasteiger partial charge in [-0.15, -0.1) is 0 Å². The number of benzene rings is 2. The van der Waals surface area contributed by atoms with Crippen molar-refractivity contribution in [1.82, 2.24) is 10.6 Å². The number of hydrogen-bond acceptors (Lipinski definition) is 3. The van der Waals surface area contributed by atoms with Gasteiger partial charge in [-0.05, 0) is 47.9 Å². The van der Waals surface area contributed by atoms with E-state index in [0.717, 1.165) is 5.56 Å². The number of carbonyl (C=O) groups excluding carboxylic acids is 1. The summed E-state index contributed by atoms with van der Waals surface area (Å²) in [5.41, 5.74) is 2.38. The third-order valence-electron chi connectivity index (χ3n) is 4.28. The molecule has 29 heavy (non-hydrogen) atoms. The number of amides is 1. The van der Waals surface area contributed by atoms with Crippen molar-refractivity contribution in [2.24, 2.45) is 4.99 Å². The molecule has 3 rings (SSSR count). The van der Waals surface area contributed by atoms with E-state index < -0.39 is 0 Å². The van der Waals surface area contributed by atoms with Gasteiger partial charge in [0, 0.05) is 25.8 Å². The fourth-order valence-electron chi connectivity index (χ4n) is 2.73. The van der Waals surface area contributed by atoms with Crippen molar-refractivity contribution in [1.29, 1.82) is 0 Å². The first-order valence-electron chi connectivity index (χ1n) is 9.27. The third-order valence-corrected chi connectivity index (χ3v) is 4.28. The molecule has 1 amide bonds. The first-order valence-corrected chi connectivity index (χ1v) is 9.27. The van der Waals surface area contributed by atoms with Crippen molar-refractivity contribution in [3.8, 4) is 0 Å². The molecular formula is C22H23FN4O2. The summed E-state index contributed by atoms with van der Waals surface area (Å²) >= 11 is 0. The van der Waals surface area contributed by atoms with Gasteiger partial charge in [0.15, 0.2) is 11.7 Å². The molecule has 0 aliphatic carbocycles. The van der Waals surface area contributed by atoms with Gasteiger partial charge in [0.2, 0.25) is 0 Å². The largest absolute Gasteiger partial charge is 0.459 e. The van der Waals surface area contributed by atoms with Crippen molar-refractivity contribution in [3.63, 3.8) is 0 Å². The molecule has 1 heterocycles. The highest BCUT2D eigenvalue weighted by atomic mass is 19.1. The molecule has 0 radical (unpaired) electrons. The van der Waals surface area contributed by atoms with Crippen LogP contribution >= 0.6 is 0 Å².